The summed E-state index contributed by atoms with van der Waals surface area (Å²) in [7, 11) is 1.70. The largest absolute Gasteiger partial charge is 0.496 e. The van der Waals surface area contributed by atoms with Gasteiger partial charge in [-0.3, -0.25) is 4.90 Å². The van der Waals surface area contributed by atoms with Gasteiger partial charge in [0, 0.05) is 25.2 Å². The van der Waals surface area contributed by atoms with E-state index in [1.54, 1.807) is 7.11 Å². The molecule has 20 heavy (non-hydrogen) atoms. The fourth-order valence-electron chi connectivity index (χ4n) is 2.53. The number of aliphatic hydroxyl groups excluding tert-OH is 1. The molecule has 0 aliphatic rings. The van der Waals surface area contributed by atoms with Crippen molar-refractivity contribution in [1.82, 2.24) is 4.90 Å². The number of aliphatic hydroxyl groups is 1. The Morgan fingerprint density at radius 3 is 2.15 bits per heavy atom. The summed E-state index contributed by atoms with van der Waals surface area (Å²) in [5.41, 5.74) is 2.09. The Morgan fingerprint density at radius 1 is 1.10 bits per heavy atom. The SMILES string of the molecule is COc1ccc(CO)cc1CN(CC(C)C)CC(C)C. The van der Waals surface area contributed by atoms with Gasteiger partial charge in [-0.05, 0) is 29.5 Å². The van der Waals surface area contributed by atoms with Crippen LogP contribution in [0.2, 0.25) is 0 Å². The van der Waals surface area contributed by atoms with Crippen molar-refractivity contribution in [2.75, 3.05) is 20.2 Å². The standard InChI is InChI=1S/C17H29NO2/c1-13(2)9-18(10-14(3)4)11-16-8-15(12-19)6-7-17(16)20-5/h6-8,13-14,19H,9-12H2,1-5H3. The summed E-state index contributed by atoms with van der Waals surface area (Å²) < 4.78 is 5.45. The van der Waals surface area contributed by atoms with Crippen LogP contribution in [0.15, 0.2) is 18.2 Å². The molecular formula is C17H29NO2. The first-order chi connectivity index (χ1) is 9.46. The smallest absolute Gasteiger partial charge is 0.123 e. The quantitative estimate of drug-likeness (QED) is 0.792. The number of hydrogen-bond acceptors (Lipinski definition) is 3. The maximum Gasteiger partial charge on any atom is 0.123 e. The molecule has 0 aliphatic carbocycles. The summed E-state index contributed by atoms with van der Waals surface area (Å²) in [6.07, 6.45) is 0. The van der Waals surface area contributed by atoms with Gasteiger partial charge in [0.2, 0.25) is 0 Å². The maximum absolute atomic E-state index is 9.30. The minimum absolute atomic E-state index is 0.0748. The molecule has 1 aromatic carbocycles. The molecule has 0 saturated heterocycles. The Balaban J connectivity index is 2.90. The van der Waals surface area contributed by atoms with Gasteiger partial charge in [-0.2, -0.15) is 0 Å². The number of ether oxygens (including phenoxy) is 1. The molecule has 0 saturated carbocycles. The lowest BCUT2D eigenvalue weighted by Crippen LogP contribution is -2.31. The van der Waals surface area contributed by atoms with Crippen molar-refractivity contribution >= 4 is 0 Å². The van der Waals surface area contributed by atoms with E-state index in [2.05, 4.69) is 32.6 Å². The van der Waals surface area contributed by atoms with Crippen LogP contribution in [0.3, 0.4) is 0 Å². The van der Waals surface area contributed by atoms with Crippen LogP contribution >= 0.6 is 0 Å². The topological polar surface area (TPSA) is 32.7 Å². The molecule has 0 radical (unpaired) electrons. The monoisotopic (exact) mass is 279 g/mol. The van der Waals surface area contributed by atoms with E-state index in [4.69, 9.17) is 4.74 Å². The van der Waals surface area contributed by atoms with Crippen molar-refractivity contribution in [3.8, 4) is 5.75 Å². The predicted octanol–water partition coefficient (Wildman–Crippen LogP) is 3.30. The number of nitrogens with zero attached hydrogens (tertiary/aromatic N) is 1. The van der Waals surface area contributed by atoms with Crippen molar-refractivity contribution in [3.63, 3.8) is 0 Å². The summed E-state index contributed by atoms with van der Waals surface area (Å²) in [6.45, 7) is 12.1. The number of methoxy groups -OCH3 is 1. The zero-order chi connectivity index (χ0) is 15.1. The van der Waals surface area contributed by atoms with Crippen LogP contribution in [0, 0.1) is 11.8 Å². The van der Waals surface area contributed by atoms with Crippen molar-refractivity contribution in [2.45, 2.75) is 40.8 Å². The second-order valence-corrected chi connectivity index (χ2v) is 6.29. The first-order valence-electron chi connectivity index (χ1n) is 7.45. The highest BCUT2D eigenvalue weighted by atomic mass is 16.5. The van der Waals surface area contributed by atoms with Crippen molar-refractivity contribution in [2.24, 2.45) is 11.8 Å². The van der Waals surface area contributed by atoms with Gasteiger partial charge in [0.1, 0.15) is 5.75 Å². The minimum atomic E-state index is 0.0748. The van der Waals surface area contributed by atoms with E-state index in [-0.39, 0.29) is 6.61 Å². The van der Waals surface area contributed by atoms with Crippen molar-refractivity contribution in [1.29, 1.82) is 0 Å². The van der Waals surface area contributed by atoms with Crippen LogP contribution in [0.4, 0.5) is 0 Å². The summed E-state index contributed by atoms with van der Waals surface area (Å²) in [4.78, 5) is 2.47. The Bertz CT molecular complexity index is 392. The third-order valence-electron chi connectivity index (χ3n) is 3.17. The van der Waals surface area contributed by atoms with Crippen LogP contribution in [0.25, 0.3) is 0 Å². The Labute approximate surface area is 123 Å². The first-order valence-corrected chi connectivity index (χ1v) is 7.45. The number of rotatable bonds is 8. The average Bonchev–Trinajstić information content (AvgIpc) is 2.37. The van der Waals surface area contributed by atoms with Gasteiger partial charge in [0.25, 0.3) is 0 Å². The molecule has 0 bridgehead atoms. The van der Waals surface area contributed by atoms with E-state index in [1.807, 2.05) is 18.2 Å². The number of hydrogen-bond donors (Lipinski definition) is 1. The molecule has 114 valence electrons. The molecule has 1 rings (SSSR count). The molecule has 0 heterocycles. The van der Waals surface area contributed by atoms with Gasteiger partial charge in [-0.15, -0.1) is 0 Å². The Kier molecular flexibility index (Phi) is 7.03. The van der Waals surface area contributed by atoms with E-state index in [0.29, 0.717) is 11.8 Å². The zero-order valence-electron chi connectivity index (χ0n) is 13.5. The zero-order valence-corrected chi connectivity index (χ0v) is 13.5. The van der Waals surface area contributed by atoms with Gasteiger partial charge in [0.05, 0.1) is 13.7 Å². The third kappa shape index (κ3) is 5.51. The maximum atomic E-state index is 9.30. The minimum Gasteiger partial charge on any atom is -0.496 e. The van der Waals surface area contributed by atoms with Gasteiger partial charge in [0.15, 0.2) is 0 Å². The van der Waals surface area contributed by atoms with Gasteiger partial charge in [-0.25, -0.2) is 0 Å². The van der Waals surface area contributed by atoms with Gasteiger partial charge < -0.3 is 9.84 Å². The third-order valence-corrected chi connectivity index (χ3v) is 3.17. The van der Waals surface area contributed by atoms with E-state index < -0.39 is 0 Å². The lowest BCUT2D eigenvalue weighted by Gasteiger charge is -2.27. The fourth-order valence-corrected chi connectivity index (χ4v) is 2.53. The summed E-state index contributed by atoms with van der Waals surface area (Å²) in [5.74, 6) is 2.18. The lowest BCUT2D eigenvalue weighted by atomic mass is 10.1. The van der Waals surface area contributed by atoms with Crippen LogP contribution in [0.1, 0.15) is 38.8 Å². The van der Waals surface area contributed by atoms with E-state index in [0.717, 1.165) is 36.5 Å². The highest BCUT2D eigenvalue weighted by molar-refractivity contribution is 5.37. The Hall–Kier alpha value is -1.06. The molecule has 3 nitrogen and oxygen atoms in total. The molecule has 0 aliphatic heterocycles. The lowest BCUT2D eigenvalue weighted by molar-refractivity contribution is 0.208. The molecule has 0 atom stereocenters. The molecule has 0 amide bonds. The molecule has 1 aromatic rings. The molecule has 3 heteroatoms. The fraction of sp³-hybridized carbons (Fsp3) is 0.647. The van der Waals surface area contributed by atoms with Crippen LogP contribution < -0.4 is 4.74 Å². The number of benzene rings is 1. The van der Waals surface area contributed by atoms with E-state index in [9.17, 15) is 5.11 Å². The Morgan fingerprint density at radius 2 is 1.70 bits per heavy atom. The summed E-state index contributed by atoms with van der Waals surface area (Å²) >= 11 is 0. The molecular weight excluding hydrogens is 250 g/mol. The van der Waals surface area contributed by atoms with Crippen LogP contribution in [-0.4, -0.2) is 30.2 Å². The molecule has 0 aromatic heterocycles. The average molecular weight is 279 g/mol. The molecule has 0 spiro atoms. The van der Waals surface area contributed by atoms with Crippen molar-refractivity contribution < 1.29 is 9.84 Å². The first kappa shape index (κ1) is 17.0. The highest BCUT2D eigenvalue weighted by Gasteiger charge is 2.13. The second-order valence-electron chi connectivity index (χ2n) is 6.29. The molecule has 0 fully saturated rings. The van der Waals surface area contributed by atoms with Gasteiger partial charge >= 0.3 is 0 Å². The second kappa shape index (κ2) is 8.28. The normalized spacial score (nSPS) is 11.7. The highest BCUT2D eigenvalue weighted by Crippen LogP contribution is 2.22. The van der Waals surface area contributed by atoms with Crippen LogP contribution in [0.5, 0.6) is 5.75 Å². The van der Waals surface area contributed by atoms with Crippen LogP contribution in [-0.2, 0) is 13.2 Å². The van der Waals surface area contributed by atoms with E-state index in [1.165, 1.54) is 0 Å². The summed E-state index contributed by atoms with van der Waals surface area (Å²) in [5, 5.41) is 9.30. The molecule has 0 unspecified atom stereocenters. The van der Waals surface area contributed by atoms with Gasteiger partial charge in [-0.1, -0.05) is 33.8 Å². The predicted molar refractivity (Wildman–Crippen MR) is 83.9 cm³/mol. The summed E-state index contributed by atoms with van der Waals surface area (Å²) in [6, 6.07) is 5.91. The van der Waals surface area contributed by atoms with Crippen molar-refractivity contribution in [3.05, 3.63) is 29.3 Å². The molecule has 1 N–H and O–H groups in total. The van der Waals surface area contributed by atoms with E-state index >= 15 is 0 Å².